The van der Waals surface area contributed by atoms with Gasteiger partial charge in [0.1, 0.15) is 5.75 Å². The molecule has 0 unspecified atom stereocenters. The first-order valence-corrected chi connectivity index (χ1v) is 11.6. The third kappa shape index (κ3) is 6.56. The Morgan fingerprint density at radius 1 is 1.00 bits per heavy atom. The zero-order valence-electron chi connectivity index (χ0n) is 20.2. The fraction of sp³-hybridized carbons (Fsp3) is 0.333. The van der Waals surface area contributed by atoms with Crippen LogP contribution < -0.4 is 15.0 Å². The molecule has 1 aromatic heterocycles. The molecule has 4 rings (SSSR count). The van der Waals surface area contributed by atoms with E-state index in [-0.39, 0.29) is 0 Å². The molecule has 0 aliphatic carbocycles. The minimum atomic E-state index is 0.517. The molecule has 0 saturated heterocycles. The second-order valence-corrected chi connectivity index (χ2v) is 8.61. The standard InChI is InChI=1S/C27H33N5O2/c1-31(2)14-15-32(3)26-11-10-23-18-22(26)20-33-16-5-4-6-17-34-24-9-7-8-21(19-24)25-12-13-28-27(29-23)30-25/h4-5,7-13,18-19H,6,14-17,20H2,1-3H3,(H,28,29,30)/b5-4+. The molecular formula is C27H33N5O2. The van der Waals surface area contributed by atoms with Crippen molar-refractivity contribution in [3.8, 4) is 17.0 Å². The topological polar surface area (TPSA) is 62.8 Å². The lowest BCUT2D eigenvalue weighted by atomic mass is 10.1. The van der Waals surface area contributed by atoms with E-state index in [1.807, 2.05) is 30.3 Å². The van der Waals surface area contributed by atoms with Crippen molar-refractivity contribution in [1.29, 1.82) is 0 Å². The van der Waals surface area contributed by atoms with Gasteiger partial charge < -0.3 is 24.6 Å². The molecule has 1 aliphatic heterocycles. The van der Waals surface area contributed by atoms with Crippen LogP contribution in [0.15, 0.2) is 66.9 Å². The molecule has 0 saturated carbocycles. The highest BCUT2D eigenvalue weighted by atomic mass is 16.5. The minimum Gasteiger partial charge on any atom is -0.493 e. The predicted molar refractivity (Wildman–Crippen MR) is 138 cm³/mol. The Hall–Kier alpha value is -3.42. The molecule has 0 atom stereocenters. The third-order valence-electron chi connectivity index (χ3n) is 5.61. The number of hydrogen-bond donors (Lipinski definition) is 1. The van der Waals surface area contributed by atoms with Crippen LogP contribution in [0.1, 0.15) is 12.0 Å². The van der Waals surface area contributed by atoms with Crippen molar-refractivity contribution in [3.05, 3.63) is 72.4 Å². The summed E-state index contributed by atoms with van der Waals surface area (Å²) in [5.41, 5.74) is 5.03. The fourth-order valence-electron chi connectivity index (χ4n) is 3.74. The van der Waals surface area contributed by atoms with Gasteiger partial charge in [-0.25, -0.2) is 9.97 Å². The third-order valence-corrected chi connectivity index (χ3v) is 5.61. The summed E-state index contributed by atoms with van der Waals surface area (Å²) in [6.45, 7) is 3.59. The first kappa shape index (κ1) is 23.7. The lowest BCUT2D eigenvalue weighted by molar-refractivity contribution is 0.148. The molecule has 178 valence electrons. The number of ether oxygens (including phenoxy) is 2. The van der Waals surface area contributed by atoms with Crippen LogP contribution >= 0.6 is 0 Å². The van der Waals surface area contributed by atoms with Crippen LogP contribution in [0.3, 0.4) is 0 Å². The van der Waals surface area contributed by atoms with E-state index >= 15 is 0 Å². The van der Waals surface area contributed by atoms with Crippen LogP contribution in [-0.4, -0.2) is 62.3 Å². The van der Waals surface area contributed by atoms with Crippen molar-refractivity contribution >= 4 is 17.3 Å². The number of anilines is 3. The zero-order chi connectivity index (χ0) is 23.8. The number of likely N-dealkylation sites (N-methyl/N-ethyl adjacent to an activating group) is 2. The van der Waals surface area contributed by atoms with E-state index in [1.54, 1.807) is 6.20 Å². The number of rotatable bonds is 4. The van der Waals surface area contributed by atoms with Crippen molar-refractivity contribution in [3.63, 3.8) is 0 Å². The summed E-state index contributed by atoms with van der Waals surface area (Å²) in [5, 5.41) is 3.36. The molecule has 34 heavy (non-hydrogen) atoms. The summed E-state index contributed by atoms with van der Waals surface area (Å²) in [5.74, 6) is 1.38. The first-order chi connectivity index (χ1) is 16.6. The maximum Gasteiger partial charge on any atom is 0.227 e. The van der Waals surface area contributed by atoms with Gasteiger partial charge in [0.15, 0.2) is 0 Å². The van der Waals surface area contributed by atoms with Crippen LogP contribution in [0.2, 0.25) is 0 Å². The van der Waals surface area contributed by atoms with Crippen LogP contribution in [-0.2, 0) is 11.3 Å². The normalized spacial score (nSPS) is 14.9. The largest absolute Gasteiger partial charge is 0.493 e. The average Bonchev–Trinajstić information content (AvgIpc) is 2.84. The molecule has 7 heteroatoms. The maximum absolute atomic E-state index is 5.99. The van der Waals surface area contributed by atoms with Gasteiger partial charge in [0.2, 0.25) is 5.95 Å². The van der Waals surface area contributed by atoms with Gasteiger partial charge in [-0.3, -0.25) is 0 Å². The van der Waals surface area contributed by atoms with Crippen molar-refractivity contribution in [2.75, 3.05) is 57.7 Å². The SMILES string of the molecule is CN(C)CCN(C)c1ccc2cc1COC/C=C/CCOc1cccc(c1)-c1ccnc(n1)N2. The van der Waals surface area contributed by atoms with Gasteiger partial charge in [-0.15, -0.1) is 0 Å². The molecule has 2 heterocycles. The van der Waals surface area contributed by atoms with Crippen molar-refractivity contribution in [2.45, 2.75) is 13.0 Å². The van der Waals surface area contributed by atoms with E-state index in [1.165, 1.54) is 0 Å². The Morgan fingerprint density at radius 2 is 1.91 bits per heavy atom. The predicted octanol–water partition coefficient (Wildman–Crippen LogP) is 4.74. The highest BCUT2D eigenvalue weighted by Gasteiger charge is 2.11. The molecule has 0 spiro atoms. The van der Waals surface area contributed by atoms with E-state index < -0.39 is 0 Å². The average molecular weight is 460 g/mol. The van der Waals surface area contributed by atoms with Gasteiger partial charge in [0.05, 0.1) is 25.5 Å². The van der Waals surface area contributed by atoms with Gasteiger partial charge in [-0.1, -0.05) is 24.3 Å². The lowest BCUT2D eigenvalue weighted by Gasteiger charge is -2.25. The molecular weight excluding hydrogens is 426 g/mol. The Kier molecular flexibility index (Phi) is 8.12. The van der Waals surface area contributed by atoms with Gasteiger partial charge >= 0.3 is 0 Å². The van der Waals surface area contributed by atoms with E-state index in [9.17, 15) is 0 Å². The molecule has 1 N–H and O–H groups in total. The summed E-state index contributed by atoms with van der Waals surface area (Å²) in [6.07, 6.45) is 6.75. The summed E-state index contributed by atoms with van der Waals surface area (Å²) >= 11 is 0. The number of fused-ring (bicyclic) bond motifs is 7. The van der Waals surface area contributed by atoms with E-state index in [2.05, 4.69) is 71.6 Å². The van der Waals surface area contributed by atoms with E-state index in [0.29, 0.717) is 25.8 Å². The molecule has 1 aliphatic rings. The molecule has 7 nitrogen and oxygen atoms in total. The Labute approximate surface area is 202 Å². The quantitative estimate of drug-likeness (QED) is 0.566. The van der Waals surface area contributed by atoms with Crippen LogP contribution in [0, 0.1) is 0 Å². The van der Waals surface area contributed by atoms with Gasteiger partial charge in [-0.05, 0) is 56.9 Å². The number of hydrogen-bond acceptors (Lipinski definition) is 7. The highest BCUT2D eigenvalue weighted by molar-refractivity contribution is 5.66. The van der Waals surface area contributed by atoms with Crippen molar-refractivity contribution < 1.29 is 9.47 Å². The van der Waals surface area contributed by atoms with Crippen LogP contribution in [0.5, 0.6) is 5.75 Å². The van der Waals surface area contributed by atoms with Crippen molar-refractivity contribution in [2.24, 2.45) is 0 Å². The maximum atomic E-state index is 5.99. The first-order valence-electron chi connectivity index (χ1n) is 11.6. The van der Waals surface area contributed by atoms with E-state index in [4.69, 9.17) is 14.5 Å². The molecule has 0 amide bonds. The van der Waals surface area contributed by atoms with Gasteiger partial charge in [0.25, 0.3) is 0 Å². The Balaban J connectivity index is 1.64. The minimum absolute atomic E-state index is 0.517. The molecule has 0 fully saturated rings. The van der Waals surface area contributed by atoms with E-state index in [0.717, 1.165) is 53.5 Å². The number of benzene rings is 2. The van der Waals surface area contributed by atoms with Gasteiger partial charge in [0, 0.05) is 48.8 Å². The zero-order valence-corrected chi connectivity index (χ0v) is 20.2. The highest BCUT2D eigenvalue weighted by Crippen LogP contribution is 2.27. The number of aromatic nitrogens is 2. The Morgan fingerprint density at radius 3 is 2.79 bits per heavy atom. The monoisotopic (exact) mass is 459 g/mol. The number of nitrogens with one attached hydrogen (secondary N) is 1. The second kappa shape index (κ2) is 11.6. The molecule has 3 aromatic rings. The second-order valence-electron chi connectivity index (χ2n) is 8.61. The molecule has 2 aromatic carbocycles. The molecule has 0 radical (unpaired) electrons. The Bertz CT molecular complexity index is 1120. The van der Waals surface area contributed by atoms with Crippen LogP contribution in [0.4, 0.5) is 17.3 Å². The summed E-state index contributed by atoms with van der Waals surface area (Å²) in [4.78, 5) is 13.6. The summed E-state index contributed by atoms with van der Waals surface area (Å²) in [6, 6.07) is 16.2. The van der Waals surface area contributed by atoms with Gasteiger partial charge in [-0.2, -0.15) is 0 Å². The van der Waals surface area contributed by atoms with Crippen molar-refractivity contribution in [1.82, 2.24) is 14.9 Å². The number of nitrogens with zero attached hydrogens (tertiary/aromatic N) is 4. The smallest absolute Gasteiger partial charge is 0.227 e. The lowest BCUT2D eigenvalue weighted by Crippen LogP contribution is -2.29. The fourth-order valence-corrected chi connectivity index (χ4v) is 3.74. The summed E-state index contributed by atoms with van der Waals surface area (Å²) in [7, 11) is 6.30. The summed E-state index contributed by atoms with van der Waals surface area (Å²) < 4.78 is 11.9. The van der Waals surface area contributed by atoms with Crippen LogP contribution in [0.25, 0.3) is 11.3 Å². The molecule has 6 bridgehead atoms.